The Balaban J connectivity index is 2.03. The monoisotopic (exact) mass is 297 g/mol. The zero-order valence-electron chi connectivity index (χ0n) is 11.8. The van der Waals surface area contributed by atoms with E-state index >= 15 is 0 Å². The van der Waals surface area contributed by atoms with Crippen molar-refractivity contribution in [2.24, 2.45) is 5.73 Å². The van der Waals surface area contributed by atoms with Crippen LogP contribution in [0.15, 0.2) is 18.2 Å². The SMILES string of the molecule is CC1CC(OCc2cc(F)ccc2C(N)=S)CC(C)O1. The third kappa shape index (κ3) is 3.98. The first kappa shape index (κ1) is 15.4. The molecule has 2 atom stereocenters. The highest BCUT2D eigenvalue weighted by molar-refractivity contribution is 7.80. The molecule has 0 spiro atoms. The summed E-state index contributed by atoms with van der Waals surface area (Å²) in [5.74, 6) is -0.308. The van der Waals surface area contributed by atoms with Gasteiger partial charge in [-0.15, -0.1) is 0 Å². The van der Waals surface area contributed by atoms with Crippen LogP contribution in [0, 0.1) is 5.82 Å². The fourth-order valence-corrected chi connectivity index (χ4v) is 2.81. The summed E-state index contributed by atoms with van der Waals surface area (Å²) in [7, 11) is 0. The largest absolute Gasteiger partial charge is 0.389 e. The molecule has 5 heteroatoms. The van der Waals surface area contributed by atoms with Gasteiger partial charge >= 0.3 is 0 Å². The van der Waals surface area contributed by atoms with Crippen LogP contribution in [0.3, 0.4) is 0 Å². The number of thiocarbonyl (C=S) groups is 1. The van der Waals surface area contributed by atoms with Gasteiger partial charge in [-0.05, 0) is 50.5 Å². The number of benzene rings is 1. The van der Waals surface area contributed by atoms with Crippen molar-refractivity contribution >= 4 is 17.2 Å². The zero-order chi connectivity index (χ0) is 14.7. The number of hydrogen-bond donors (Lipinski definition) is 1. The molecule has 110 valence electrons. The fraction of sp³-hybridized carbons (Fsp3) is 0.533. The van der Waals surface area contributed by atoms with Crippen molar-refractivity contribution < 1.29 is 13.9 Å². The van der Waals surface area contributed by atoms with Crippen molar-refractivity contribution in [3.8, 4) is 0 Å². The molecule has 0 amide bonds. The molecule has 1 aromatic carbocycles. The molecule has 1 aliphatic heterocycles. The van der Waals surface area contributed by atoms with E-state index in [2.05, 4.69) is 0 Å². The van der Waals surface area contributed by atoms with Gasteiger partial charge < -0.3 is 15.2 Å². The molecule has 0 saturated carbocycles. The molecule has 2 unspecified atom stereocenters. The summed E-state index contributed by atoms with van der Waals surface area (Å²) >= 11 is 4.98. The van der Waals surface area contributed by atoms with Crippen molar-refractivity contribution in [1.29, 1.82) is 0 Å². The van der Waals surface area contributed by atoms with E-state index in [1.807, 2.05) is 13.8 Å². The minimum atomic E-state index is -0.308. The summed E-state index contributed by atoms with van der Waals surface area (Å²) in [6.07, 6.45) is 2.19. The van der Waals surface area contributed by atoms with Crippen molar-refractivity contribution in [2.75, 3.05) is 0 Å². The molecule has 1 aromatic rings. The highest BCUT2D eigenvalue weighted by Crippen LogP contribution is 2.23. The number of rotatable bonds is 4. The highest BCUT2D eigenvalue weighted by Gasteiger charge is 2.25. The number of nitrogens with two attached hydrogens (primary N) is 1. The molecule has 20 heavy (non-hydrogen) atoms. The summed E-state index contributed by atoms with van der Waals surface area (Å²) in [4.78, 5) is 0.261. The summed E-state index contributed by atoms with van der Waals surface area (Å²) < 4.78 is 24.9. The first-order chi connectivity index (χ1) is 9.45. The molecule has 3 nitrogen and oxygen atoms in total. The van der Waals surface area contributed by atoms with E-state index in [0.29, 0.717) is 17.7 Å². The molecule has 0 aliphatic carbocycles. The van der Waals surface area contributed by atoms with E-state index in [-0.39, 0.29) is 29.1 Å². The van der Waals surface area contributed by atoms with E-state index < -0.39 is 0 Å². The van der Waals surface area contributed by atoms with Crippen molar-refractivity contribution in [1.82, 2.24) is 0 Å². The molecular weight excluding hydrogens is 277 g/mol. The second kappa shape index (κ2) is 6.61. The van der Waals surface area contributed by atoms with Crippen LogP contribution >= 0.6 is 12.2 Å². The molecule has 2 N–H and O–H groups in total. The van der Waals surface area contributed by atoms with Crippen molar-refractivity contribution in [3.63, 3.8) is 0 Å². The number of ether oxygens (including phenoxy) is 2. The lowest BCUT2D eigenvalue weighted by atomic mass is 10.0. The molecule has 0 radical (unpaired) electrons. The van der Waals surface area contributed by atoms with Crippen LogP contribution in [-0.4, -0.2) is 23.3 Å². The Bertz CT molecular complexity index is 485. The molecular formula is C15H20FNO2S. The van der Waals surface area contributed by atoms with Gasteiger partial charge in [0.1, 0.15) is 10.8 Å². The minimum Gasteiger partial charge on any atom is -0.389 e. The van der Waals surface area contributed by atoms with Gasteiger partial charge in [0.05, 0.1) is 24.9 Å². The molecule has 0 bridgehead atoms. The Kier molecular flexibility index (Phi) is 5.07. The third-order valence-corrected chi connectivity index (χ3v) is 3.68. The molecule has 1 heterocycles. The Labute approximate surface area is 124 Å². The maximum Gasteiger partial charge on any atom is 0.123 e. The van der Waals surface area contributed by atoms with Crippen LogP contribution in [0.5, 0.6) is 0 Å². The lowest BCUT2D eigenvalue weighted by Gasteiger charge is -2.32. The maximum absolute atomic E-state index is 13.3. The Hall–Kier alpha value is -1.04. The molecule has 0 aromatic heterocycles. The number of hydrogen-bond acceptors (Lipinski definition) is 3. The van der Waals surface area contributed by atoms with Crippen LogP contribution < -0.4 is 5.73 Å². The number of halogens is 1. The van der Waals surface area contributed by atoms with Crippen LogP contribution in [0.1, 0.15) is 37.8 Å². The van der Waals surface area contributed by atoms with Gasteiger partial charge in [0.25, 0.3) is 0 Å². The van der Waals surface area contributed by atoms with E-state index in [1.54, 1.807) is 6.07 Å². The van der Waals surface area contributed by atoms with Gasteiger partial charge in [-0.1, -0.05) is 12.2 Å². The van der Waals surface area contributed by atoms with Crippen molar-refractivity contribution in [2.45, 2.75) is 51.6 Å². The van der Waals surface area contributed by atoms with Crippen LogP contribution in [0.4, 0.5) is 4.39 Å². The normalized spacial score (nSPS) is 26.4. The van der Waals surface area contributed by atoms with Gasteiger partial charge in [-0.2, -0.15) is 0 Å². The van der Waals surface area contributed by atoms with Gasteiger partial charge in [0, 0.05) is 5.56 Å². The zero-order valence-corrected chi connectivity index (χ0v) is 12.6. The average molecular weight is 297 g/mol. The highest BCUT2D eigenvalue weighted by atomic mass is 32.1. The van der Waals surface area contributed by atoms with Crippen LogP contribution in [0.2, 0.25) is 0 Å². The standard InChI is InChI=1S/C15H20FNO2S/c1-9-5-13(6-10(2)19-9)18-8-11-7-12(16)3-4-14(11)15(17)20/h3-4,7,9-10,13H,5-6,8H2,1-2H3,(H2,17,20). The summed E-state index contributed by atoms with van der Waals surface area (Å²) in [5, 5.41) is 0. The Morgan fingerprint density at radius 3 is 2.65 bits per heavy atom. The summed E-state index contributed by atoms with van der Waals surface area (Å²) in [6.45, 7) is 4.39. The minimum absolute atomic E-state index is 0.121. The molecule has 2 rings (SSSR count). The second-order valence-electron chi connectivity index (χ2n) is 5.33. The third-order valence-electron chi connectivity index (χ3n) is 3.46. The van der Waals surface area contributed by atoms with E-state index in [4.69, 9.17) is 27.4 Å². The fourth-order valence-electron chi connectivity index (χ4n) is 2.61. The quantitative estimate of drug-likeness (QED) is 0.868. The Morgan fingerprint density at radius 2 is 2.05 bits per heavy atom. The smallest absolute Gasteiger partial charge is 0.123 e. The summed E-state index contributed by atoms with van der Waals surface area (Å²) in [5.41, 5.74) is 7.02. The maximum atomic E-state index is 13.3. The second-order valence-corrected chi connectivity index (χ2v) is 5.77. The lowest BCUT2D eigenvalue weighted by molar-refractivity contribution is -0.106. The van der Waals surface area contributed by atoms with Gasteiger partial charge in [-0.3, -0.25) is 0 Å². The predicted molar refractivity (Wildman–Crippen MR) is 80.1 cm³/mol. The van der Waals surface area contributed by atoms with Gasteiger partial charge in [0.15, 0.2) is 0 Å². The Morgan fingerprint density at radius 1 is 1.40 bits per heavy atom. The average Bonchev–Trinajstić information content (AvgIpc) is 2.35. The lowest BCUT2D eigenvalue weighted by Crippen LogP contribution is -2.34. The first-order valence-corrected chi connectivity index (χ1v) is 7.22. The van der Waals surface area contributed by atoms with Crippen LogP contribution in [-0.2, 0) is 16.1 Å². The summed E-state index contributed by atoms with van der Waals surface area (Å²) in [6, 6.07) is 4.39. The van der Waals surface area contributed by atoms with Crippen LogP contribution in [0.25, 0.3) is 0 Å². The predicted octanol–water partition coefficient (Wildman–Crippen LogP) is 2.93. The molecule has 1 fully saturated rings. The van der Waals surface area contributed by atoms with Gasteiger partial charge in [-0.25, -0.2) is 4.39 Å². The molecule has 1 saturated heterocycles. The molecule has 1 aliphatic rings. The van der Waals surface area contributed by atoms with E-state index in [0.717, 1.165) is 12.8 Å². The van der Waals surface area contributed by atoms with E-state index in [1.165, 1.54) is 12.1 Å². The topological polar surface area (TPSA) is 44.5 Å². The van der Waals surface area contributed by atoms with E-state index in [9.17, 15) is 4.39 Å². The van der Waals surface area contributed by atoms with Gasteiger partial charge in [0.2, 0.25) is 0 Å². The van der Waals surface area contributed by atoms with Crippen molar-refractivity contribution in [3.05, 3.63) is 35.1 Å². The first-order valence-electron chi connectivity index (χ1n) is 6.81.